The zero-order valence-corrected chi connectivity index (χ0v) is 25.1. The van der Waals surface area contributed by atoms with Gasteiger partial charge in [0.1, 0.15) is 11.6 Å². The molecule has 0 radical (unpaired) electrons. The molecule has 10 unspecified atom stereocenters. The Balaban J connectivity index is 1.43. The van der Waals surface area contributed by atoms with E-state index in [0.29, 0.717) is 47.3 Å². The smallest absolute Gasteiger partial charge is 0.142 e. The first-order chi connectivity index (χ1) is 18.5. The van der Waals surface area contributed by atoms with E-state index in [-0.39, 0.29) is 35.8 Å². The Morgan fingerprint density at radius 2 is 0.842 bits per heavy atom. The molecule has 0 bridgehead atoms. The number of nitrogens with one attached hydrogen (secondary N) is 2. The Kier molecular flexibility index (Phi) is 9.72. The summed E-state index contributed by atoms with van der Waals surface area (Å²) in [7, 11) is 0. The Bertz CT molecular complexity index is 722. The minimum atomic E-state index is -0.117. The van der Waals surface area contributed by atoms with Gasteiger partial charge >= 0.3 is 0 Å². The number of fused-ring (bicyclic) bond motifs is 2. The van der Waals surface area contributed by atoms with Gasteiger partial charge in [0.05, 0.1) is 0 Å². The number of Topliss-reactive ketones (excluding diaryl/α,β-unsaturated/α-hetero) is 2. The van der Waals surface area contributed by atoms with E-state index in [2.05, 4.69) is 38.3 Å². The number of hydrogen-bond acceptors (Lipinski definition) is 4. The molecule has 5 aliphatic rings. The number of carbonyl (C=O) groups is 2. The molecule has 0 saturated heterocycles. The molecule has 0 spiro atoms. The molecule has 0 aliphatic heterocycles. The molecule has 38 heavy (non-hydrogen) atoms. The lowest BCUT2D eigenvalue weighted by Crippen LogP contribution is -2.66. The van der Waals surface area contributed by atoms with Gasteiger partial charge in [-0.05, 0) is 75.0 Å². The molecule has 0 aromatic heterocycles. The van der Waals surface area contributed by atoms with Crippen LogP contribution in [0.5, 0.6) is 0 Å². The molecule has 0 amide bonds. The van der Waals surface area contributed by atoms with Crippen LogP contribution >= 0.6 is 0 Å². The summed E-state index contributed by atoms with van der Waals surface area (Å²) in [5, 5.41) is 8.34. The lowest BCUT2D eigenvalue weighted by molar-refractivity contribution is -0.154. The highest BCUT2D eigenvalue weighted by atomic mass is 16.1. The SMILES string of the molecule is CCC1CCCC(CC)C1NC1CCC(NC2C(CC)CCCC2CC)C2C(=O)C3CCCCC3C(=O)C12. The molecule has 5 rings (SSSR count). The van der Waals surface area contributed by atoms with Gasteiger partial charge in [0, 0.05) is 47.8 Å². The van der Waals surface area contributed by atoms with Crippen molar-refractivity contribution in [1.82, 2.24) is 10.6 Å². The summed E-state index contributed by atoms with van der Waals surface area (Å²) in [4.78, 5) is 28.7. The highest BCUT2D eigenvalue weighted by molar-refractivity contribution is 6.00. The van der Waals surface area contributed by atoms with Crippen molar-refractivity contribution >= 4 is 11.6 Å². The molecule has 10 atom stereocenters. The summed E-state index contributed by atoms with van der Waals surface area (Å²) in [6.07, 6.45) is 19.0. The Morgan fingerprint density at radius 1 is 0.500 bits per heavy atom. The fourth-order valence-corrected chi connectivity index (χ4v) is 10.3. The van der Waals surface area contributed by atoms with Gasteiger partial charge in [-0.15, -0.1) is 0 Å². The summed E-state index contributed by atoms with van der Waals surface area (Å²) >= 11 is 0. The Morgan fingerprint density at radius 3 is 1.16 bits per heavy atom. The summed E-state index contributed by atoms with van der Waals surface area (Å²) in [5.41, 5.74) is 0. The van der Waals surface area contributed by atoms with Crippen LogP contribution in [0.2, 0.25) is 0 Å². The van der Waals surface area contributed by atoms with Crippen LogP contribution in [0, 0.1) is 47.3 Å². The second kappa shape index (κ2) is 12.8. The minimum absolute atomic E-state index is 0.00249. The largest absolute Gasteiger partial charge is 0.310 e. The first-order valence-corrected chi connectivity index (χ1v) is 17.1. The number of hydrogen-bond donors (Lipinski definition) is 2. The predicted octanol–water partition coefficient (Wildman–Crippen LogP) is 7.10. The van der Waals surface area contributed by atoms with Crippen LogP contribution in [0.3, 0.4) is 0 Å². The van der Waals surface area contributed by atoms with Crippen LogP contribution in [0.15, 0.2) is 0 Å². The van der Waals surface area contributed by atoms with E-state index >= 15 is 0 Å². The van der Waals surface area contributed by atoms with Crippen molar-refractivity contribution in [2.24, 2.45) is 47.3 Å². The van der Waals surface area contributed by atoms with E-state index in [4.69, 9.17) is 0 Å². The van der Waals surface area contributed by atoms with E-state index in [1.54, 1.807) is 0 Å². The third-order valence-corrected chi connectivity index (χ3v) is 12.4. The van der Waals surface area contributed by atoms with Gasteiger partial charge in [-0.1, -0.05) is 79.1 Å². The van der Waals surface area contributed by atoms with Crippen molar-refractivity contribution in [2.45, 2.75) is 155 Å². The van der Waals surface area contributed by atoms with Crippen molar-refractivity contribution in [1.29, 1.82) is 0 Å². The quantitative estimate of drug-likeness (QED) is 0.354. The van der Waals surface area contributed by atoms with Crippen LogP contribution in [0.1, 0.15) is 130 Å². The Hall–Kier alpha value is -0.740. The van der Waals surface area contributed by atoms with Crippen molar-refractivity contribution in [3.63, 3.8) is 0 Å². The maximum atomic E-state index is 14.4. The van der Waals surface area contributed by atoms with E-state index in [9.17, 15) is 9.59 Å². The van der Waals surface area contributed by atoms with Crippen molar-refractivity contribution in [2.75, 3.05) is 0 Å². The molecule has 5 aliphatic carbocycles. The molecule has 0 heterocycles. The average molecular weight is 527 g/mol. The molecule has 216 valence electrons. The first-order valence-electron chi connectivity index (χ1n) is 17.1. The van der Waals surface area contributed by atoms with Gasteiger partial charge in [0.15, 0.2) is 0 Å². The molecule has 4 nitrogen and oxygen atoms in total. The molecular weight excluding hydrogens is 468 g/mol. The zero-order chi connectivity index (χ0) is 26.8. The minimum Gasteiger partial charge on any atom is -0.310 e. The number of carbonyl (C=O) groups excluding carboxylic acids is 2. The topological polar surface area (TPSA) is 58.2 Å². The number of ketones is 2. The Labute approximate surface area is 233 Å². The lowest BCUT2D eigenvalue weighted by atomic mass is 9.55. The molecule has 4 heteroatoms. The van der Waals surface area contributed by atoms with Gasteiger partial charge in [0.25, 0.3) is 0 Å². The average Bonchev–Trinajstić information content (AvgIpc) is 2.96. The maximum absolute atomic E-state index is 14.4. The first kappa shape index (κ1) is 28.8. The standard InChI is InChI=1S/C34H58N2O2/c1-5-21-13-11-14-22(6-2)31(21)35-27-19-20-28(36-32-23(7-3)15-12-16-24(32)8-4)30-29(27)33(37)25-17-9-10-18-26(25)34(30)38/h21-32,35-36H,5-20H2,1-4H3. The molecule has 0 aromatic rings. The normalized spacial score (nSPS) is 45.9. The van der Waals surface area contributed by atoms with Gasteiger partial charge in [-0.2, -0.15) is 0 Å². The zero-order valence-electron chi connectivity index (χ0n) is 25.1. The molecular formula is C34H58N2O2. The van der Waals surface area contributed by atoms with Gasteiger partial charge in [-0.3, -0.25) is 9.59 Å². The van der Waals surface area contributed by atoms with Crippen LogP contribution in [0.4, 0.5) is 0 Å². The number of rotatable bonds is 8. The summed E-state index contributed by atoms with van der Waals surface area (Å²) < 4.78 is 0. The fraction of sp³-hybridized carbons (Fsp3) is 0.941. The van der Waals surface area contributed by atoms with Gasteiger partial charge in [-0.25, -0.2) is 0 Å². The second-order valence-electron chi connectivity index (χ2n) is 14.1. The highest BCUT2D eigenvalue weighted by Crippen LogP contribution is 2.48. The monoisotopic (exact) mass is 526 g/mol. The van der Waals surface area contributed by atoms with Crippen LogP contribution in [0.25, 0.3) is 0 Å². The summed E-state index contributed by atoms with van der Waals surface area (Å²) in [6, 6.07) is 1.37. The van der Waals surface area contributed by atoms with Crippen molar-refractivity contribution in [3.05, 3.63) is 0 Å². The van der Waals surface area contributed by atoms with Crippen LogP contribution in [-0.4, -0.2) is 35.7 Å². The molecule has 5 fully saturated rings. The lowest BCUT2D eigenvalue weighted by Gasteiger charge is -2.53. The van der Waals surface area contributed by atoms with E-state index in [1.165, 1.54) is 64.2 Å². The summed E-state index contributed by atoms with van der Waals surface area (Å²) in [5.74, 6) is 3.51. The fourth-order valence-electron chi connectivity index (χ4n) is 10.3. The van der Waals surface area contributed by atoms with E-state index < -0.39 is 0 Å². The van der Waals surface area contributed by atoms with Crippen LogP contribution < -0.4 is 10.6 Å². The van der Waals surface area contributed by atoms with E-state index in [1.807, 2.05) is 0 Å². The van der Waals surface area contributed by atoms with Gasteiger partial charge < -0.3 is 10.6 Å². The van der Waals surface area contributed by atoms with Gasteiger partial charge in [0.2, 0.25) is 0 Å². The van der Waals surface area contributed by atoms with Crippen molar-refractivity contribution in [3.8, 4) is 0 Å². The maximum Gasteiger partial charge on any atom is 0.142 e. The molecule has 2 N–H and O–H groups in total. The molecule has 5 saturated carbocycles. The van der Waals surface area contributed by atoms with Crippen molar-refractivity contribution < 1.29 is 9.59 Å². The predicted molar refractivity (Wildman–Crippen MR) is 156 cm³/mol. The molecule has 0 aromatic carbocycles. The van der Waals surface area contributed by atoms with Crippen LogP contribution in [-0.2, 0) is 9.59 Å². The van der Waals surface area contributed by atoms with E-state index in [0.717, 1.165) is 38.5 Å². The third kappa shape index (κ3) is 5.44. The third-order valence-electron chi connectivity index (χ3n) is 12.4. The summed E-state index contributed by atoms with van der Waals surface area (Å²) in [6.45, 7) is 9.39. The second-order valence-corrected chi connectivity index (χ2v) is 14.1. The highest BCUT2D eigenvalue weighted by Gasteiger charge is 2.57.